The van der Waals surface area contributed by atoms with Gasteiger partial charge in [-0.1, -0.05) is 30.9 Å². The number of benzene rings is 1. The Balaban J connectivity index is 1.74. The number of nitrogens with zero attached hydrogens (tertiary/aromatic N) is 3. The lowest BCUT2D eigenvalue weighted by molar-refractivity contribution is 0.0755. The summed E-state index contributed by atoms with van der Waals surface area (Å²) in [6.45, 7) is 2.66. The van der Waals surface area contributed by atoms with Crippen LogP contribution < -0.4 is 0 Å². The topological polar surface area (TPSA) is 38.1 Å². The summed E-state index contributed by atoms with van der Waals surface area (Å²) in [5.41, 5.74) is 2.84. The number of amides is 1. The van der Waals surface area contributed by atoms with Gasteiger partial charge < -0.3 is 9.47 Å². The summed E-state index contributed by atoms with van der Waals surface area (Å²) in [5, 5.41) is 0.720. The lowest BCUT2D eigenvalue weighted by atomic mass is 10.1. The van der Waals surface area contributed by atoms with Gasteiger partial charge in [-0.25, -0.2) is 4.98 Å². The number of imidazole rings is 1. The first-order valence-electron chi connectivity index (χ1n) is 9.88. The second-order valence-corrected chi connectivity index (χ2v) is 7.84. The van der Waals surface area contributed by atoms with Gasteiger partial charge in [-0.2, -0.15) is 0 Å². The highest BCUT2D eigenvalue weighted by molar-refractivity contribution is 6.30. The molecule has 26 heavy (non-hydrogen) atoms. The van der Waals surface area contributed by atoms with Gasteiger partial charge in [-0.05, 0) is 56.4 Å². The maximum atomic E-state index is 13.3. The number of hydrogen-bond acceptors (Lipinski definition) is 2. The fourth-order valence-corrected chi connectivity index (χ4v) is 4.26. The van der Waals surface area contributed by atoms with Crippen LogP contribution in [0, 0.1) is 0 Å². The smallest absolute Gasteiger partial charge is 0.274 e. The van der Waals surface area contributed by atoms with E-state index < -0.39 is 0 Å². The summed E-state index contributed by atoms with van der Waals surface area (Å²) in [6.07, 6.45) is 9.07. The predicted octanol–water partition coefficient (Wildman–Crippen LogP) is 4.95. The van der Waals surface area contributed by atoms with Crippen molar-refractivity contribution in [3.8, 4) is 11.4 Å². The third kappa shape index (κ3) is 3.52. The second kappa shape index (κ2) is 7.83. The highest BCUT2D eigenvalue weighted by Gasteiger charge is 2.27. The molecule has 4 rings (SSSR count). The Labute approximate surface area is 160 Å². The molecule has 0 saturated carbocycles. The molecule has 1 amide bonds. The van der Waals surface area contributed by atoms with E-state index in [2.05, 4.69) is 4.57 Å². The standard InChI is InChI=1S/C21H26ClN3O/c22-17-11-9-16(10-12-17)20-23-19(18-8-4-3-7-15-25(18)20)21(26)24-13-5-1-2-6-14-24/h9-12H,1-8,13-15H2. The molecule has 1 aromatic heterocycles. The molecule has 0 N–H and O–H groups in total. The average molecular weight is 372 g/mol. The normalized spacial score (nSPS) is 18.1. The minimum atomic E-state index is 0.123. The van der Waals surface area contributed by atoms with E-state index >= 15 is 0 Å². The molecule has 0 unspecified atom stereocenters. The van der Waals surface area contributed by atoms with E-state index in [1.807, 2.05) is 29.2 Å². The van der Waals surface area contributed by atoms with Crippen molar-refractivity contribution in [1.29, 1.82) is 0 Å². The van der Waals surface area contributed by atoms with Gasteiger partial charge in [-0.15, -0.1) is 0 Å². The Morgan fingerprint density at radius 2 is 1.54 bits per heavy atom. The van der Waals surface area contributed by atoms with Crippen LogP contribution in [0.1, 0.15) is 61.1 Å². The Bertz CT molecular complexity index is 773. The van der Waals surface area contributed by atoms with Crippen molar-refractivity contribution in [2.24, 2.45) is 0 Å². The van der Waals surface area contributed by atoms with Crippen LogP contribution in [0.25, 0.3) is 11.4 Å². The van der Waals surface area contributed by atoms with E-state index in [0.717, 1.165) is 73.8 Å². The molecule has 2 aliphatic heterocycles. The number of carbonyl (C=O) groups is 1. The highest BCUT2D eigenvalue weighted by Crippen LogP contribution is 2.29. The largest absolute Gasteiger partial charge is 0.337 e. The van der Waals surface area contributed by atoms with Crippen LogP contribution in [0.2, 0.25) is 5.02 Å². The lowest BCUT2D eigenvalue weighted by Gasteiger charge is -2.19. The molecule has 0 bridgehead atoms. The zero-order chi connectivity index (χ0) is 17.9. The van der Waals surface area contributed by atoms with Crippen LogP contribution in [0.15, 0.2) is 24.3 Å². The number of hydrogen-bond donors (Lipinski definition) is 0. The van der Waals surface area contributed by atoms with Crippen molar-refractivity contribution in [1.82, 2.24) is 14.5 Å². The minimum Gasteiger partial charge on any atom is -0.337 e. The molecule has 2 aromatic rings. The van der Waals surface area contributed by atoms with Crippen LogP contribution in [0.5, 0.6) is 0 Å². The van der Waals surface area contributed by atoms with Gasteiger partial charge in [0.1, 0.15) is 11.5 Å². The van der Waals surface area contributed by atoms with Crippen molar-refractivity contribution >= 4 is 17.5 Å². The van der Waals surface area contributed by atoms with Crippen LogP contribution in [-0.2, 0) is 13.0 Å². The number of halogens is 1. The van der Waals surface area contributed by atoms with Gasteiger partial charge >= 0.3 is 0 Å². The third-order valence-corrected chi connectivity index (χ3v) is 5.82. The predicted molar refractivity (Wildman–Crippen MR) is 105 cm³/mol. The van der Waals surface area contributed by atoms with E-state index in [0.29, 0.717) is 5.69 Å². The fraction of sp³-hybridized carbons (Fsp3) is 0.524. The second-order valence-electron chi connectivity index (χ2n) is 7.41. The molecule has 0 spiro atoms. The minimum absolute atomic E-state index is 0.123. The first-order valence-corrected chi connectivity index (χ1v) is 10.3. The van der Waals surface area contributed by atoms with Crippen molar-refractivity contribution < 1.29 is 4.79 Å². The summed E-state index contributed by atoms with van der Waals surface area (Å²) in [6, 6.07) is 7.79. The summed E-state index contributed by atoms with van der Waals surface area (Å²) in [4.78, 5) is 20.2. The van der Waals surface area contributed by atoms with Crippen LogP contribution in [0.4, 0.5) is 0 Å². The third-order valence-electron chi connectivity index (χ3n) is 5.57. The van der Waals surface area contributed by atoms with Gasteiger partial charge in [-0.3, -0.25) is 4.79 Å². The van der Waals surface area contributed by atoms with E-state index in [4.69, 9.17) is 16.6 Å². The first kappa shape index (κ1) is 17.6. The van der Waals surface area contributed by atoms with Crippen molar-refractivity contribution in [3.05, 3.63) is 40.7 Å². The van der Waals surface area contributed by atoms with Crippen LogP contribution in [0.3, 0.4) is 0 Å². The van der Waals surface area contributed by atoms with E-state index in [1.54, 1.807) is 0 Å². The number of fused-ring (bicyclic) bond motifs is 1. The quantitative estimate of drug-likeness (QED) is 0.749. The number of rotatable bonds is 2. The zero-order valence-electron chi connectivity index (χ0n) is 15.2. The Hall–Kier alpha value is -1.81. The summed E-state index contributed by atoms with van der Waals surface area (Å²) >= 11 is 6.05. The van der Waals surface area contributed by atoms with E-state index in [1.165, 1.54) is 19.3 Å². The van der Waals surface area contributed by atoms with Crippen LogP contribution in [-0.4, -0.2) is 33.4 Å². The zero-order valence-corrected chi connectivity index (χ0v) is 16.0. The van der Waals surface area contributed by atoms with Crippen molar-refractivity contribution in [3.63, 3.8) is 0 Å². The first-order chi connectivity index (χ1) is 12.7. The Morgan fingerprint density at radius 1 is 0.885 bits per heavy atom. The van der Waals surface area contributed by atoms with Crippen molar-refractivity contribution in [2.75, 3.05) is 13.1 Å². The molecule has 1 fully saturated rings. The number of likely N-dealkylation sites (tertiary alicyclic amines) is 1. The summed E-state index contributed by atoms with van der Waals surface area (Å²) in [5.74, 6) is 1.04. The molecule has 0 aliphatic carbocycles. The highest BCUT2D eigenvalue weighted by atomic mass is 35.5. The van der Waals surface area contributed by atoms with Crippen LogP contribution >= 0.6 is 11.6 Å². The molecule has 5 heteroatoms. The molecule has 2 aliphatic rings. The Kier molecular flexibility index (Phi) is 5.30. The molecule has 0 radical (unpaired) electrons. The van der Waals surface area contributed by atoms with Gasteiger partial charge in [0.2, 0.25) is 0 Å². The van der Waals surface area contributed by atoms with Gasteiger partial charge in [0.05, 0.1) is 5.69 Å². The SMILES string of the molecule is O=C(c1nc(-c2ccc(Cl)cc2)n2c1CCCCC2)N1CCCCCC1. The molecular formula is C21H26ClN3O. The molecule has 138 valence electrons. The molecule has 4 nitrogen and oxygen atoms in total. The van der Waals surface area contributed by atoms with Gasteiger partial charge in [0, 0.05) is 30.2 Å². The monoisotopic (exact) mass is 371 g/mol. The fourth-order valence-electron chi connectivity index (χ4n) is 4.13. The molecule has 1 saturated heterocycles. The number of carbonyl (C=O) groups excluding carboxylic acids is 1. The Morgan fingerprint density at radius 3 is 2.27 bits per heavy atom. The summed E-state index contributed by atoms with van der Waals surface area (Å²) < 4.78 is 2.28. The van der Waals surface area contributed by atoms with E-state index in [9.17, 15) is 4.79 Å². The molecule has 1 aromatic carbocycles. The van der Waals surface area contributed by atoms with Gasteiger partial charge in [0.25, 0.3) is 5.91 Å². The lowest BCUT2D eigenvalue weighted by Crippen LogP contribution is -2.32. The maximum absolute atomic E-state index is 13.3. The average Bonchev–Trinajstić information content (AvgIpc) is 2.87. The summed E-state index contributed by atoms with van der Waals surface area (Å²) in [7, 11) is 0. The van der Waals surface area contributed by atoms with Crippen molar-refractivity contribution in [2.45, 2.75) is 57.9 Å². The maximum Gasteiger partial charge on any atom is 0.274 e. The molecule has 3 heterocycles. The number of aromatic nitrogens is 2. The molecule has 0 atom stereocenters. The van der Waals surface area contributed by atoms with Gasteiger partial charge in [0.15, 0.2) is 0 Å². The molecular weight excluding hydrogens is 346 g/mol. The van der Waals surface area contributed by atoms with E-state index in [-0.39, 0.29) is 5.91 Å².